The van der Waals surface area contributed by atoms with E-state index in [1.54, 1.807) is 6.08 Å². The SMILES string of the molecule is C=Cc1ccc(CSC(CC(=O)On2c(O)ccc2O)C(=O)On2c(O)ccc2O)cc1. The lowest BCUT2D eigenvalue weighted by Gasteiger charge is -2.16. The smallest absolute Gasteiger partial charge is 0.346 e. The first kappa shape index (κ1) is 22.7. The minimum Gasteiger partial charge on any atom is -0.492 e. The number of aromatic hydroxyl groups is 4. The van der Waals surface area contributed by atoms with Crippen molar-refractivity contribution < 1.29 is 39.7 Å². The molecular formula is C21H20N2O8S. The van der Waals surface area contributed by atoms with Gasteiger partial charge in [-0.3, -0.25) is 0 Å². The molecule has 1 atom stereocenters. The second-order valence-corrected chi connectivity index (χ2v) is 7.70. The van der Waals surface area contributed by atoms with Crippen molar-refractivity contribution in [1.29, 1.82) is 0 Å². The highest BCUT2D eigenvalue weighted by atomic mass is 32.2. The molecule has 2 heterocycles. The molecule has 0 aliphatic heterocycles. The summed E-state index contributed by atoms with van der Waals surface area (Å²) in [7, 11) is 0. The van der Waals surface area contributed by atoms with Crippen LogP contribution >= 0.6 is 11.8 Å². The van der Waals surface area contributed by atoms with Gasteiger partial charge in [0.2, 0.25) is 23.5 Å². The van der Waals surface area contributed by atoms with Crippen LogP contribution in [0, 0.1) is 0 Å². The van der Waals surface area contributed by atoms with Gasteiger partial charge in [0.15, 0.2) is 0 Å². The summed E-state index contributed by atoms with van der Waals surface area (Å²) in [6.07, 6.45) is 1.20. The Bertz CT molecular complexity index is 1080. The molecule has 1 unspecified atom stereocenters. The van der Waals surface area contributed by atoms with E-state index in [9.17, 15) is 30.0 Å². The fourth-order valence-corrected chi connectivity index (χ4v) is 3.61. The monoisotopic (exact) mass is 460 g/mol. The van der Waals surface area contributed by atoms with E-state index in [0.717, 1.165) is 47.2 Å². The molecule has 168 valence electrons. The standard InChI is InChI=1S/C21H20N2O8S/c1-2-13-3-5-14(6-4-13)12-32-15(21(29)31-23-18(26)9-10-19(23)27)11-20(28)30-22-16(24)7-8-17(22)25/h2-10,15,24-27H,1,11-12H2. The van der Waals surface area contributed by atoms with Crippen molar-refractivity contribution in [3.63, 3.8) is 0 Å². The number of nitrogens with zero attached hydrogens (tertiary/aromatic N) is 2. The Morgan fingerprint density at radius 3 is 1.88 bits per heavy atom. The zero-order chi connectivity index (χ0) is 23.3. The van der Waals surface area contributed by atoms with Crippen LogP contribution in [0.5, 0.6) is 23.5 Å². The molecule has 0 saturated carbocycles. The molecule has 2 aromatic heterocycles. The van der Waals surface area contributed by atoms with E-state index in [0.29, 0.717) is 15.2 Å². The van der Waals surface area contributed by atoms with Crippen molar-refractivity contribution in [2.45, 2.75) is 17.4 Å². The fourth-order valence-electron chi connectivity index (χ4n) is 2.59. The second-order valence-electron chi connectivity index (χ2n) is 6.51. The van der Waals surface area contributed by atoms with Gasteiger partial charge in [-0.15, -0.1) is 21.2 Å². The highest BCUT2D eigenvalue weighted by Gasteiger charge is 2.28. The van der Waals surface area contributed by atoms with E-state index in [1.165, 1.54) is 0 Å². The first-order valence-electron chi connectivity index (χ1n) is 9.24. The Kier molecular flexibility index (Phi) is 7.00. The van der Waals surface area contributed by atoms with Crippen LogP contribution in [0.25, 0.3) is 6.08 Å². The first-order chi connectivity index (χ1) is 15.3. The average molecular weight is 460 g/mol. The van der Waals surface area contributed by atoms with Gasteiger partial charge >= 0.3 is 11.9 Å². The molecule has 4 N–H and O–H groups in total. The van der Waals surface area contributed by atoms with Crippen molar-refractivity contribution >= 4 is 29.8 Å². The first-order valence-corrected chi connectivity index (χ1v) is 10.3. The summed E-state index contributed by atoms with van der Waals surface area (Å²) in [6.45, 7) is 3.68. The maximum absolute atomic E-state index is 12.7. The van der Waals surface area contributed by atoms with Gasteiger partial charge in [-0.25, -0.2) is 9.59 Å². The number of aromatic nitrogens is 2. The molecule has 0 aliphatic rings. The van der Waals surface area contributed by atoms with Crippen molar-refractivity contribution in [3.8, 4) is 23.5 Å². The molecule has 32 heavy (non-hydrogen) atoms. The van der Waals surface area contributed by atoms with Crippen LogP contribution < -0.4 is 9.68 Å². The lowest BCUT2D eigenvalue weighted by Crippen LogP contribution is -2.33. The lowest BCUT2D eigenvalue weighted by atomic mass is 10.1. The fraction of sp³-hybridized carbons (Fsp3) is 0.143. The summed E-state index contributed by atoms with van der Waals surface area (Å²) in [5, 5.41) is 37.5. The Morgan fingerprint density at radius 2 is 1.38 bits per heavy atom. The van der Waals surface area contributed by atoms with Gasteiger partial charge in [-0.2, -0.15) is 0 Å². The number of carbonyl (C=O) groups excluding carboxylic acids is 2. The maximum atomic E-state index is 12.7. The summed E-state index contributed by atoms with van der Waals surface area (Å²) in [6, 6.07) is 11.8. The summed E-state index contributed by atoms with van der Waals surface area (Å²) >= 11 is 1.07. The maximum Gasteiger partial charge on any atom is 0.346 e. The normalized spacial score (nSPS) is 11.6. The van der Waals surface area contributed by atoms with Crippen LogP contribution in [0.2, 0.25) is 0 Å². The third kappa shape index (κ3) is 5.38. The van der Waals surface area contributed by atoms with Crippen LogP contribution in [-0.4, -0.2) is 47.1 Å². The van der Waals surface area contributed by atoms with E-state index in [4.69, 9.17) is 9.68 Å². The highest BCUT2D eigenvalue weighted by molar-refractivity contribution is 7.99. The van der Waals surface area contributed by atoms with Crippen molar-refractivity contribution in [3.05, 3.63) is 66.2 Å². The van der Waals surface area contributed by atoms with Crippen LogP contribution in [0.15, 0.2) is 55.1 Å². The van der Waals surface area contributed by atoms with Gasteiger partial charge in [-0.1, -0.05) is 36.9 Å². The summed E-state index contributed by atoms with van der Waals surface area (Å²) in [4.78, 5) is 35.0. The molecule has 10 nitrogen and oxygen atoms in total. The topological polar surface area (TPSA) is 143 Å². The molecule has 0 fully saturated rings. The highest BCUT2D eigenvalue weighted by Crippen LogP contribution is 2.25. The van der Waals surface area contributed by atoms with Crippen molar-refractivity contribution in [1.82, 2.24) is 9.46 Å². The molecule has 0 radical (unpaired) electrons. The molecule has 11 heteroatoms. The summed E-state index contributed by atoms with van der Waals surface area (Å²) < 4.78 is 1.02. The number of hydrogen-bond acceptors (Lipinski definition) is 9. The van der Waals surface area contributed by atoms with E-state index in [1.807, 2.05) is 24.3 Å². The molecule has 1 aromatic carbocycles. The number of carbonyl (C=O) groups is 2. The van der Waals surface area contributed by atoms with Gasteiger partial charge in [-0.05, 0) is 11.1 Å². The predicted molar refractivity (Wildman–Crippen MR) is 115 cm³/mol. The van der Waals surface area contributed by atoms with E-state index in [2.05, 4.69) is 6.58 Å². The van der Waals surface area contributed by atoms with Gasteiger partial charge in [0.25, 0.3) is 0 Å². The number of benzene rings is 1. The molecule has 3 aromatic rings. The van der Waals surface area contributed by atoms with E-state index < -0.39 is 47.1 Å². The molecule has 0 bridgehead atoms. The molecule has 3 rings (SSSR count). The third-order valence-corrected chi connectivity index (χ3v) is 5.51. The lowest BCUT2D eigenvalue weighted by molar-refractivity contribution is -0.151. The van der Waals surface area contributed by atoms with Gasteiger partial charge in [0.05, 0.1) is 6.42 Å². The van der Waals surface area contributed by atoms with Crippen LogP contribution in [-0.2, 0) is 15.3 Å². The predicted octanol–water partition coefficient (Wildman–Crippen LogP) is 2.06. The number of thioether (sulfide) groups is 1. The van der Waals surface area contributed by atoms with Gasteiger partial charge < -0.3 is 30.1 Å². The largest absolute Gasteiger partial charge is 0.492 e. The molecule has 0 spiro atoms. The Hall–Kier alpha value is -3.99. The molecular weight excluding hydrogens is 440 g/mol. The molecule has 0 amide bonds. The minimum atomic E-state index is -1.11. The van der Waals surface area contributed by atoms with E-state index in [-0.39, 0.29) is 0 Å². The quantitative estimate of drug-likeness (QED) is 0.377. The van der Waals surface area contributed by atoms with Gasteiger partial charge in [0.1, 0.15) is 5.25 Å². The van der Waals surface area contributed by atoms with Crippen molar-refractivity contribution in [2.75, 3.05) is 0 Å². The molecule has 0 saturated heterocycles. The van der Waals surface area contributed by atoms with Crippen LogP contribution in [0.1, 0.15) is 17.5 Å². The van der Waals surface area contributed by atoms with Gasteiger partial charge in [0, 0.05) is 30.0 Å². The summed E-state index contributed by atoms with van der Waals surface area (Å²) in [5.41, 5.74) is 1.78. The molecule has 0 aliphatic carbocycles. The zero-order valence-corrected chi connectivity index (χ0v) is 17.4. The average Bonchev–Trinajstić information content (AvgIpc) is 3.27. The number of hydrogen-bond donors (Lipinski definition) is 4. The zero-order valence-electron chi connectivity index (χ0n) is 16.6. The number of rotatable bonds is 9. The minimum absolute atomic E-state index is 0.328. The summed E-state index contributed by atoms with van der Waals surface area (Å²) in [5.74, 6) is -3.58. The Balaban J connectivity index is 1.73. The second kappa shape index (κ2) is 9.88. The van der Waals surface area contributed by atoms with Crippen LogP contribution in [0.4, 0.5) is 0 Å². The Morgan fingerprint density at radius 1 is 0.875 bits per heavy atom. The van der Waals surface area contributed by atoms with Crippen LogP contribution in [0.3, 0.4) is 0 Å². The Labute approximate surface area is 186 Å². The third-order valence-electron chi connectivity index (χ3n) is 4.25. The van der Waals surface area contributed by atoms with Crippen molar-refractivity contribution in [2.24, 2.45) is 0 Å². The van der Waals surface area contributed by atoms with E-state index >= 15 is 0 Å².